The summed E-state index contributed by atoms with van der Waals surface area (Å²) in [5, 5.41) is 0. The molecular weight excluding hydrogens is 164 g/mol. The minimum absolute atomic E-state index is 0.380. The molecule has 2 heteroatoms. The Morgan fingerprint density at radius 3 is 2.62 bits per heavy atom. The molecule has 0 radical (unpaired) electrons. The van der Waals surface area contributed by atoms with Crippen LogP contribution in [-0.4, -0.2) is 26.4 Å². The van der Waals surface area contributed by atoms with Gasteiger partial charge < -0.3 is 9.47 Å². The monoisotopic (exact) mass is 184 g/mol. The molecule has 1 heterocycles. The van der Waals surface area contributed by atoms with Crippen molar-refractivity contribution in [3.05, 3.63) is 0 Å². The zero-order valence-corrected chi connectivity index (χ0v) is 8.55. The average Bonchev–Trinajstić information content (AvgIpc) is 2.73. The molecule has 0 aromatic rings. The summed E-state index contributed by atoms with van der Waals surface area (Å²) in [6, 6.07) is 0. The quantitative estimate of drug-likeness (QED) is 0.670. The summed E-state index contributed by atoms with van der Waals surface area (Å²) in [5.41, 5.74) is 0.380. The third-order valence-corrected chi connectivity index (χ3v) is 3.64. The summed E-state index contributed by atoms with van der Waals surface area (Å²) >= 11 is 0. The van der Waals surface area contributed by atoms with E-state index < -0.39 is 0 Å². The van der Waals surface area contributed by atoms with Crippen molar-refractivity contribution < 1.29 is 9.47 Å². The molecular formula is C11H20O2. The molecule has 1 atom stereocenters. The van der Waals surface area contributed by atoms with E-state index in [1.807, 2.05) is 7.11 Å². The number of hydrogen-bond acceptors (Lipinski definition) is 2. The molecule has 0 aromatic carbocycles. The number of hydrogen-bond donors (Lipinski definition) is 0. The summed E-state index contributed by atoms with van der Waals surface area (Å²) in [6.07, 6.45) is 8.35. The maximum atomic E-state index is 5.81. The Balaban J connectivity index is 2.02. The van der Waals surface area contributed by atoms with Crippen molar-refractivity contribution in [3.63, 3.8) is 0 Å². The van der Waals surface area contributed by atoms with Crippen LogP contribution in [-0.2, 0) is 9.47 Å². The van der Waals surface area contributed by atoms with E-state index in [1.165, 1.54) is 38.5 Å². The molecule has 0 aromatic heterocycles. The molecule has 2 rings (SSSR count). The normalized spacial score (nSPS) is 32.5. The fourth-order valence-corrected chi connectivity index (χ4v) is 2.99. The van der Waals surface area contributed by atoms with Gasteiger partial charge in [-0.3, -0.25) is 0 Å². The van der Waals surface area contributed by atoms with E-state index >= 15 is 0 Å². The Labute approximate surface area is 80.6 Å². The van der Waals surface area contributed by atoms with Crippen LogP contribution in [0.3, 0.4) is 0 Å². The van der Waals surface area contributed by atoms with Gasteiger partial charge in [-0.15, -0.1) is 0 Å². The molecule has 0 N–H and O–H groups in total. The van der Waals surface area contributed by atoms with E-state index in [0.717, 1.165) is 13.2 Å². The van der Waals surface area contributed by atoms with Gasteiger partial charge in [0.15, 0.2) is 0 Å². The van der Waals surface area contributed by atoms with Crippen LogP contribution in [0, 0.1) is 5.41 Å². The number of ether oxygens (including phenoxy) is 2. The van der Waals surface area contributed by atoms with Crippen LogP contribution in [0.25, 0.3) is 0 Å². The first-order valence-electron chi connectivity index (χ1n) is 5.48. The fourth-order valence-electron chi connectivity index (χ4n) is 2.99. The maximum Gasteiger partial charge on any atom is 0.0654 e. The lowest BCUT2D eigenvalue weighted by Gasteiger charge is -2.33. The van der Waals surface area contributed by atoms with Crippen molar-refractivity contribution in [2.75, 3.05) is 20.3 Å². The second-order valence-corrected chi connectivity index (χ2v) is 4.50. The molecule has 1 saturated heterocycles. The van der Waals surface area contributed by atoms with Gasteiger partial charge in [0.2, 0.25) is 0 Å². The standard InChI is InChI=1S/C11H20O2/c1-12-9-11(6-2-3-7-11)10-5-4-8-13-10/h10H,2-9H2,1H3. The molecule has 2 aliphatic rings. The van der Waals surface area contributed by atoms with Crippen LogP contribution < -0.4 is 0 Å². The van der Waals surface area contributed by atoms with E-state index in [0.29, 0.717) is 11.5 Å². The third-order valence-electron chi connectivity index (χ3n) is 3.64. The van der Waals surface area contributed by atoms with Crippen molar-refractivity contribution in [2.45, 2.75) is 44.6 Å². The van der Waals surface area contributed by atoms with Crippen LogP contribution >= 0.6 is 0 Å². The molecule has 0 bridgehead atoms. The third kappa shape index (κ3) is 1.75. The molecule has 1 saturated carbocycles. The molecule has 13 heavy (non-hydrogen) atoms. The second-order valence-electron chi connectivity index (χ2n) is 4.50. The molecule has 1 aliphatic carbocycles. The molecule has 1 unspecified atom stereocenters. The van der Waals surface area contributed by atoms with E-state index in [1.54, 1.807) is 0 Å². The minimum Gasteiger partial charge on any atom is -0.384 e. The average molecular weight is 184 g/mol. The number of methoxy groups -OCH3 is 1. The summed E-state index contributed by atoms with van der Waals surface area (Å²) in [6.45, 7) is 1.87. The second kappa shape index (κ2) is 3.97. The summed E-state index contributed by atoms with van der Waals surface area (Å²) in [5.74, 6) is 0. The Morgan fingerprint density at radius 2 is 2.08 bits per heavy atom. The zero-order chi connectivity index (χ0) is 9.15. The zero-order valence-electron chi connectivity index (χ0n) is 8.55. The van der Waals surface area contributed by atoms with Gasteiger partial charge in [-0.25, -0.2) is 0 Å². The highest BCUT2D eigenvalue weighted by molar-refractivity contribution is 4.93. The molecule has 0 spiro atoms. The summed E-state index contributed by atoms with van der Waals surface area (Å²) in [4.78, 5) is 0. The van der Waals surface area contributed by atoms with Crippen molar-refractivity contribution >= 4 is 0 Å². The van der Waals surface area contributed by atoms with E-state index in [2.05, 4.69) is 0 Å². The van der Waals surface area contributed by atoms with Gasteiger partial charge in [0.1, 0.15) is 0 Å². The van der Waals surface area contributed by atoms with E-state index in [-0.39, 0.29) is 0 Å². The molecule has 2 nitrogen and oxygen atoms in total. The predicted octanol–water partition coefficient (Wildman–Crippen LogP) is 2.37. The first-order chi connectivity index (χ1) is 6.37. The lowest BCUT2D eigenvalue weighted by Crippen LogP contribution is -2.36. The van der Waals surface area contributed by atoms with Gasteiger partial charge in [0.25, 0.3) is 0 Å². The first kappa shape index (κ1) is 9.47. The van der Waals surface area contributed by atoms with Crippen molar-refractivity contribution in [2.24, 2.45) is 5.41 Å². The largest absolute Gasteiger partial charge is 0.384 e. The van der Waals surface area contributed by atoms with Gasteiger partial charge in [-0.1, -0.05) is 12.8 Å². The molecule has 76 valence electrons. The lowest BCUT2D eigenvalue weighted by atomic mass is 9.80. The Hall–Kier alpha value is -0.0800. The van der Waals surface area contributed by atoms with Crippen LogP contribution in [0.1, 0.15) is 38.5 Å². The molecule has 1 aliphatic heterocycles. The SMILES string of the molecule is COCC1(C2CCCO2)CCCC1. The first-order valence-corrected chi connectivity index (χ1v) is 5.48. The van der Waals surface area contributed by atoms with Crippen molar-refractivity contribution in [1.82, 2.24) is 0 Å². The Bertz CT molecular complexity index is 155. The van der Waals surface area contributed by atoms with Gasteiger partial charge in [0.05, 0.1) is 12.7 Å². The van der Waals surface area contributed by atoms with Gasteiger partial charge in [-0.2, -0.15) is 0 Å². The van der Waals surface area contributed by atoms with Gasteiger partial charge >= 0.3 is 0 Å². The van der Waals surface area contributed by atoms with E-state index in [9.17, 15) is 0 Å². The van der Waals surface area contributed by atoms with Gasteiger partial charge in [-0.05, 0) is 25.7 Å². The maximum absolute atomic E-state index is 5.81. The minimum atomic E-state index is 0.380. The van der Waals surface area contributed by atoms with E-state index in [4.69, 9.17) is 9.47 Å². The smallest absolute Gasteiger partial charge is 0.0654 e. The Morgan fingerprint density at radius 1 is 1.31 bits per heavy atom. The highest BCUT2D eigenvalue weighted by Crippen LogP contribution is 2.45. The Kier molecular flexibility index (Phi) is 2.89. The van der Waals surface area contributed by atoms with Crippen LogP contribution in [0.4, 0.5) is 0 Å². The van der Waals surface area contributed by atoms with Crippen LogP contribution in [0.2, 0.25) is 0 Å². The summed E-state index contributed by atoms with van der Waals surface area (Å²) < 4.78 is 11.2. The highest BCUT2D eigenvalue weighted by atomic mass is 16.5. The van der Waals surface area contributed by atoms with Crippen LogP contribution in [0.5, 0.6) is 0 Å². The highest BCUT2D eigenvalue weighted by Gasteiger charge is 2.43. The van der Waals surface area contributed by atoms with Crippen molar-refractivity contribution in [3.8, 4) is 0 Å². The summed E-state index contributed by atoms with van der Waals surface area (Å²) in [7, 11) is 1.81. The fraction of sp³-hybridized carbons (Fsp3) is 1.00. The van der Waals surface area contributed by atoms with Crippen molar-refractivity contribution in [1.29, 1.82) is 0 Å². The lowest BCUT2D eigenvalue weighted by molar-refractivity contribution is -0.0421. The molecule has 0 amide bonds. The predicted molar refractivity (Wildman–Crippen MR) is 51.8 cm³/mol. The topological polar surface area (TPSA) is 18.5 Å². The van der Waals surface area contributed by atoms with Crippen LogP contribution in [0.15, 0.2) is 0 Å². The van der Waals surface area contributed by atoms with Gasteiger partial charge in [0, 0.05) is 19.1 Å². The number of rotatable bonds is 3. The molecule has 2 fully saturated rings.